The molecule has 0 bridgehead atoms. The molecule has 0 amide bonds. The Morgan fingerprint density at radius 3 is 2.53 bits per heavy atom. The molecule has 19 heavy (non-hydrogen) atoms. The zero-order valence-electron chi connectivity index (χ0n) is 12.2. The smallest absolute Gasteiger partial charge is 0.128 e. The van der Waals surface area contributed by atoms with Crippen LogP contribution in [0.4, 0.5) is 0 Å². The molecule has 0 aliphatic heterocycles. The Morgan fingerprint density at radius 1 is 1.21 bits per heavy atom. The van der Waals surface area contributed by atoms with Crippen LogP contribution in [0.1, 0.15) is 51.1 Å². The Hall–Kier alpha value is -1.22. The molecule has 1 aliphatic rings. The van der Waals surface area contributed by atoms with Crippen LogP contribution in [0, 0.1) is 5.92 Å². The lowest BCUT2D eigenvalue weighted by molar-refractivity contribution is 0.101. The minimum atomic E-state index is -0.0925. The summed E-state index contributed by atoms with van der Waals surface area (Å²) in [5.41, 5.74) is 7.05. The van der Waals surface area contributed by atoms with Gasteiger partial charge in [-0.3, -0.25) is 0 Å². The van der Waals surface area contributed by atoms with Gasteiger partial charge in [-0.25, -0.2) is 0 Å². The van der Waals surface area contributed by atoms with Crippen molar-refractivity contribution in [1.82, 2.24) is 0 Å². The Kier molecular flexibility index (Phi) is 4.70. The Balaban J connectivity index is 2.23. The topological polar surface area (TPSA) is 44.5 Å². The van der Waals surface area contributed by atoms with Gasteiger partial charge < -0.3 is 15.2 Å². The van der Waals surface area contributed by atoms with Gasteiger partial charge in [-0.15, -0.1) is 0 Å². The van der Waals surface area contributed by atoms with Gasteiger partial charge in [0.15, 0.2) is 0 Å². The molecular weight excluding hydrogens is 238 g/mol. The van der Waals surface area contributed by atoms with Gasteiger partial charge in [0.25, 0.3) is 0 Å². The Bertz CT molecular complexity index is 417. The lowest BCUT2D eigenvalue weighted by atomic mass is 9.88. The first-order valence-corrected chi connectivity index (χ1v) is 7.22. The lowest BCUT2D eigenvalue weighted by Gasteiger charge is -2.30. The van der Waals surface area contributed by atoms with E-state index in [-0.39, 0.29) is 6.04 Å². The fraction of sp³-hybridized carbons (Fsp3) is 0.625. The summed E-state index contributed by atoms with van der Waals surface area (Å²) in [5.74, 6) is 2.31. The van der Waals surface area contributed by atoms with E-state index < -0.39 is 0 Å². The highest BCUT2D eigenvalue weighted by atomic mass is 16.5. The van der Waals surface area contributed by atoms with Crippen LogP contribution in [0.25, 0.3) is 0 Å². The maximum atomic E-state index is 6.24. The SMILES string of the molecule is COc1cccc(OC2CCCCC2C)c1[C@H](C)N. The molecule has 1 aliphatic carbocycles. The second kappa shape index (κ2) is 6.29. The van der Waals surface area contributed by atoms with Crippen molar-refractivity contribution in [3.05, 3.63) is 23.8 Å². The molecule has 0 radical (unpaired) electrons. The Labute approximate surface area is 116 Å². The summed E-state index contributed by atoms with van der Waals surface area (Å²) in [7, 11) is 1.67. The zero-order valence-corrected chi connectivity index (χ0v) is 12.2. The normalized spacial score (nSPS) is 24.8. The summed E-state index contributed by atoms with van der Waals surface area (Å²) in [6.07, 6.45) is 5.27. The standard InChI is InChI=1S/C16H25NO2/c1-11-7-4-5-8-13(11)19-15-10-6-9-14(18-3)16(15)12(2)17/h6,9-13H,4-5,7-8,17H2,1-3H3/t11?,12-,13?/m0/s1. The average molecular weight is 263 g/mol. The van der Waals surface area contributed by atoms with Crippen LogP contribution in [0.5, 0.6) is 11.5 Å². The summed E-state index contributed by atoms with van der Waals surface area (Å²) in [6, 6.07) is 5.82. The van der Waals surface area contributed by atoms with Crippen molar-refractivity contribution in [1.29, 1.82) is 0 Å². The fourth-order valence-corrected chi connectivity index (χ4v) is 2.87. The third-order valence-corrected chi connectivity index (χ3v) is 4.01. The summed E-state index contributed by atoms with van der Waals surface area (Å²) >= 11 is 0. The van der Waals surface area contributed by atoms with Crippen LogP contribution < -0.4 is 15.2 Å². The summed E-state index contributed by atoms with van der Waals surface area (Å²) in [5, 5.41) is 0. The predicted molar refractivity (Wildman–Crippen MR) is 77.6 cm³/mol. The van der Waals surface area contributed by atoms with Crippen molar-refractivity contribution in [3.63, 3.8) is 0 Å². The van der Waals surface area contributed by atoms with E-state index in [1.807, 2.05) is 25.1 Å². The molecule has 0 heterocycles. The minimum absolute atomic E-state index is 0.0925. The molecule has 0 aromatic heterocycles. The quantitative estimate of drug-likeness (QED) is 0.901. The molecule has 1 aromatic carbocycles. The maximum absolute atomic E-state index is 6.24. The van der Waals surface area contributed by atoms with Crippen LogP contribution in [0.2, 0.25) is 0 Å². The number of nitrogens with two attached hydrogens (primary N) is 1. The van der Waals surface area contributed by atoms with Crippen molar-refractivity contribution in [2.24, 2.45) is 11.7 Å². The van der Waals surface area contributed by atoms with Gasteiger partial charge in [0.1, 0.15) is 17.6 Å². The monoisotopic (exact) mass is 263 g/mol. The molecule has 0 saturated heterocycles. The van der Waals surface area contributed by atoms with Gasteiger partial charge in [0.05, 0.1) is 12.7 Å². The number of benzene rings is 1. The molecule has 1 saturated carbocycles. The summed E-state index contributed by atoms with van der Waals surface area (Å²) < 4.78 is 11.6. The first kappa shape index (κ1) is 14.2. The molecule has 2 rings (SSSR count). The molecule has 2 N–H and O–H groups in total. The van der Waals surface area contributed by atoms with Crippen LogP contribution in [-0.2, 0) is 0 Å². The van der Waals surface area contributed by atoms with E-state index in [1.54, 1.807) is 7.11 Å². The minimum Gasteiger partial charge on any atom is -0.496 e. The molecule has 3 nitrogen and oxygen atoms in total. The van der Waals surface area contributed by atoms with Crippen molar-refractivity contribution in [2.75, 3.05) is 7.11 Å². The highest BCUT2D eigenvalue weighted by molar-refractivity contribution is 5.46. The van der Waals surface area contributed by atoms with Crippen LogP contribution in [0.3, 0.4) is 0 Å². The summed E-state index contributed by atoms with van der Waals surface area (Å²) in [6.45, 7) is 4.24. The van der Waals surface area contributed by atoms with Gasteiger partial charge in [0.2, 0.25) is 0 Å². The van der Waals surface area contributed by atoms with Gasteiger partial charge in [-0.2, -0.15) is 0 Å². The second-order valence-corrected chi connectivity index (χ2v) is 5.58. The third-order valence-electron chi connectivity index (χ3n) is 4.01. The third kappa shape index (κ3) is 3.21. The van der Waals surface area contributed by atoms with E-state index in [0.29, 0.717) is 12.0 Å². The molecule has 1 fully saturated rings. The lowest BCUT2D eigenvalue weighted by Crippen LogP contribution is -2.29. The van der Waals surface area contributed by atoms with Crippen LogP contribution in [0.15, 0.2) is 18.2 Å². The van der Waals surface area contributed by atoms with Crippen LogP contribution in [-0.4, -0.2) is 13.2 Å². The number of hydrogen-bond donors (Lipinski definition) is 1. The molecule has 0 spiro atoms. The van der Waals surface area contributed by atoms with Gasteiger partial charge >= 0.3 is 0 Å². The first-order chi connectivity index (χ1) is 9.13. The average Bonchev–Trinajstić information content (AvgIpc) is 2.40. The molecular formula is C16H25NO2. The first-order valence-electron chi connectivity index (χ1n) is 7.22. The van der Waals surface area contributed by atoms with E-state index in [1.165, 1.54) is 19.3 Å². The number of hydrogen-bond acceptors (Lipinski definition) is 3. The van der Waals surface area contributed by atoms with Gasteiger partial charge in [-0.05, 0) is 44.2 Å². The van der Waals surface area contributed by atoms with E-state index in [2.05, 4.69) is 6.92 Å². The highest BCUT2D eigenvalue weighted by Crippen LogP contribution is 2.36. The number of rotatable bonds is 4. The largest absolute Gasteiger partial charge is 0.496 e. The number of ether oxygens (including phenoxy) is 2. The second-order valence-electron chi connectivity index (χ2n) is 5.58. The van der Waals surface area contributed by atoms with E-state index in [4.69, 9.17) is 15.2 Å². The maximum Gasteiger partial charge on any atom is 0.128 e. The van der Waals surface area contributed by atoms with Crippen molar-refractivity contribution >= 4 is 0 Å². The molecule has 2 unspecified atom stereocenters. The Morgan fingerprint density at radius 2 is 1.89 bits per heavy atom. The van der Waals surface area contributed by atoms with Gasteiger partial charge in [-0.1, -0.05) is 19.4 Å². The molecule has 106 valence electrons. The zero-order chi connectivity index (χ0) is 13.8. The molecule has 3 atom stereocenters. The molecule has 1 aromatic rings. The fourth-order valence-electron chi connectivity index (χ4n) is 2.87. The number of methoxy groups -OCH3 is 1. The predicted octanol–water partition coefficient (Wildman–Crippen LogP) is 3.67. The van der Waals surface area contributed by atoms with E-state index in [0.717, 1.165) is 23.5 Å². The van der Waals surface area contributed by atoms with Crippen molar-refractivity contribution < 1.29 is 9.47 Å². The highest BCUT2D eigenvalue weighted by Gasteiger charge is 2.25. The van der Waals surface area contributed by atoms with Crippen molar-refractivity contribution in [3.8, 4) is 11.5 Å². The van der Waals surface area contributed by atoms with E-state index >= 15 is 0 Å². The van der Waals surface area contributed by atoms with Crippen LogP contribution >= 0.6 is 0 Å². The van der Waals surface area contributed by atoms with Crippen molar-refractivity contribution in [2.45, 2.75) is 51.7 Å². The van der Waals surface area contributed by atoms with Gasteiger partial charge in [0, 0.05) is 6.04 Å². The molecule has 3 heteroatoms. The van der Waals surface area contributed by atoms with E-state index in [9.17, 15) is 0 Å². The summed E-state index contributed by atoms with van der Waals surface area (Å²) in [4.78, 5) is 0.